The quantitative estimate of drug-likeness (QED) is 0.243. The SMILES string of the molecule is O=C(CI)OCCOCCOC(=O)CI. The molecule has 0 saturated carbocycles. The molecular weight excluding hydrogens is 430 g/mol. The Balaban J connectivity index is 3.11. The Kier molecular flexibility index (Phi) is 11.1. The average Bonchev–Trinajstić information content (AvgIpc) is 2.26. The Hall–Kier alpha value is 0.360. The van der Waals surface area contributed by atoms with Crippen molar-refractivity contribution in [2.45, 2.75) is 0 Å². The highest BCUT2D eigenvalue weighted by atomic mass is 127. The minimum Gasteiger partial charge on any atom is -0.463 e. The predicted molar refractivity (Wildman–Crippen MR) is 70.5 cm³/mol. The van der Waals surface area contributed by atoms with Crippen LogP contribution in [-0.2, 0) is 23.8 Å². The maximum atomic E-state index is 10.7. The Morgan fingerprint density at radius 2 is 1.20 bits per heavy atom. The van der Waals surface area contributed by atoms with Crippen LogP contribution >= 0.6 is 45.2 Å². The molecule has 0 saturated heterocycles. The Morgan fingerprint density at radius 3 is 1.53 bits per heavy atom. The number of hydrogen-bond acceptors (Lipinski definition) is 5. The zero-order valence-electron chi connectivity index (χ0n) is 8.04. The number of esters is 2. The van der Waals surface area contributed by atoms with E-state index in [1.165, 1.54) is 0 Å². The van der Waals surface area contributed by atoms with Crippen LogP contribution in [0.5, 0.6) is 0 Å². The molecule has 0 rings (SSSR count). The minimum atomic E-state index is -0.254. The summed E-state index contributed by atoms with van der Waals surface area (Å²) in [5, 5.41) is 0. The monoisotopic (exact) mass is 442 g/mol. The van der Waals surface area contributed by atoms with E-state index >= 15 is 0 Å². The van der Waals surface area contributed by atoms with Crippen molar-refractivity contribution >= 4 is 57.1 Å². The number of carbonyl (C=O) groups excluding carboxylic acids is 2. The molecule has 0 aromatic carbocycles. The highest BCUT2D eigenvalue weighted by Crippen LogP contribution is 1.88. The molecule has 15 heavy (non-hydrogen) atoms. The Morgan fingerprint density at radius 1 is 0.800 bits per heavy atom. The summed E-state index contributed by atoms with van der Waals surface area (Å²) in [6.45, 7) is 1.12. The molecule has 0 aromatic heterocycles. The fraction of sp³-hybridized carbons (Fsp3) is 0.750. The highest BCUT2D eigenvalue weighted by Gasteiger charge is 2.00. The van der Waals surface area contributed by atoms with Gasteiger partial charge in [0.05, 0.1) is 22.1 Å². The molecule has 0 aliphatic rings. The van der Waals surface area contributed by atoms with Gasteiger partial charge in [0.2, 0.25) is 0 Å². The fourth-order valence-electron chi connectivity index (χ4n) is 0.608. The van der Waals surface area contributed by atoms with Gasteiger partial charge in [-0.2, -0.15) is 0 Å². The maximum Gasteiger partial charge on any atom is 0.315 e. The third-order valence-electron chi connectivity index (χ3n) is 1.20. The molecule has 7 heteroatoms. The van der Waals surface area contributed by atoms with Gasteiger partial charge >= 0.3 is 11.9 Å². The zero-order valence-corrected chi connectivity index (χ0v) is 12.4. The molecule has 0 unspecified atom stereocenters. The van der Waals surface area contributed by atoms with Crippen LogP contribution in [0.2, 0.25) is 0 Å². The van der Waals surface area contributed by atoms with E-state index in [1.807, 2.05) is 45.2 Å². The van der Waals surface area contributed by atoms with Crippen molar-refractivity contribution in [2.75, 3.05) is 35.3 Å². The van der Waals surface area contributed by atoms with Crippen LogP contribution in [0.4, 0.5) is 0 Å². The second-order valence-electron chi connectivity index (χ2n) is 2.32. The van der Waals surface area contributed by atoms with E-state index in [0.717, 1.165) is 0 Å². The number of ether oxygens (including phenoxy) is 3. The van der Waals surface area contributed by atoms with Crippen LogP contribution in [0.3, 0.4) is 0 Å². The van der Waals surface area contributed by atoms with Gasteiger partial charge in [-0.1, -0.05) is 45.2 Å². The number of carbonyl (C=O) groups is 2. The van der Waals surface area contributed by atoms with Crippen molar-refractivity contribution in [3.63, 3.8) is 0 Å². The van der Waals surface area contributed by atoms with Crippen molar-refractivity contribution in [1.29, 1.82) is 0 Å². The second kappa shape index (κ2) is 10.9. The average molecular weight is 442 g/mol. The first-order chi connectivity index (χ1) is 7.20. The van der Waals surface area contributed by atoms with Gasteiger partial charge in [-0.25, -0.2) is 0 Å². The Labute approximate surface area is 115 Å². The van der Waals surface area contributed by atoms with Gasteiger partial charge < -0.3 is 14.2 Å². The maximum absolute atomic E-state index is 10.7. The molecule has 0 aliphatic carbocycles. The van der Waals surface area contributed by atoms with Crippen LogP contribution in [0.25, 0.3) is 0 Å². The third kappa shape index (κ3) is 10.6. The van der Waals surface area contributed by atoms with E-state index in [4.69, 9.17) is 14.2 Å². The number of rotatable bonds is 8. The summed E-state index contributed by atoms with van der Waals surface area (Å²) in [7, 11) is 0. The van der Waals surface area contributed by atoms with E-state index in [-0.39, 0.29) is 25.2 Å². The smallest absolute Gasteiger partial charge is 0.315 e. The van der Waals surface area contributed by atoms with Crippen LogP contribution in [0.15, 0.2) is 0 Å². The van der Waals surface area contributed by atoms with Crippen molar-refractivity contribution < 1.29 is 23.8 Å². The molecule has 5 nitrogen and oxygen atoms in total. The first kappa shape index (κ1) is 15.4. The van der Waals surface area contributed by atoms with E-state index in [2.05, 4.69) is 0 Å². The van der Waals surface area contributed by atoms with Gasteiger partial charge in [0.15, 0.2) is 0 Å². The lowest BCUT2D eigenvalue weighted by molar-refractivity contribution is -0.143. The summed E-state index contributed by atoms with van der Waals surface area (Å²) in [5.74, 6) is -0.508. The van der Waals surface area contributed by atoms with Gasteiger partial charge in [-0.15, -0.1) is 0 Å². The standard InChI is InChI=1S/C8H12I2O5/c9-5-7(11)14-3-1-13-2-4-15-8(12)6-10/h1-6H2. The van der Waals surface area contributed by atoms with Crippen LogP contribution in [-0.4, -0.2) is 47.2 Å². The fourth-order valence-corrected chi connectivity index (χ4v) is 1.05. The highest BCUT2D eigenvalue weighted by molar-refractivity contribution is 14.1. The Bertz CT molecular complexity index is 177. The van der Waals surface area contributed by atoms with E-state index in [9.17, 15) is 9.59 Å². The van der Waals surface area contributed by atoms with Gasteiger partial charge in [-0.05, 0) is 0 Å². The van der Waals surface area contributed by atoms with E-state index < -0.39 is 0 Å². The van der Waals surface area contributed by atoms with Gasteiger partial charge in [0.1, 0.15) is 13.2 Å². The van der Waals surface area contributed by atoms with Gasteiger partial charge in [0, 0.05) is 0 Å². The lowest BCUT2D eigenvalue weighted by Crippen LogP contribution is -2.15. The lowest BCUT2D eigenvalue weighted by Gasteiger charge is -2.05. The molecule has 0 bridgehead atoms. The van der Waals surface area contributed by atoms with Crippen molar-refractivity contribution in [3.8, 4) is 0 Å². The summed E-state index contributed by atoms with van der Waals surface area (Å²) in [6, 6.07) is 0. The largest absolute Gasteiger partial charge is 0.463 e. The lowest BCUT2D eigenvalue weighted by atomic mass is 10.7. The van der Waals surface area contributed by atoms with E-state index in [1.54, 1.807) is 0 Å². The molecule has 0 aromatic rings. The summed E-state index contributed by atoms with van der Waals surface area (Å²) >= 11 is 3.85. The summed E-state index contributed by atoms with van der Waals surface area (Å²) in [4.78, 5) is 21.3. The molecule has 0 amide bonds. The van der Waals surface area contributed by atoms with Crippen LogP contribution < -0.4 is 0 Å². The molecule has 0 aliphatic heterocycles. The van der Waals surface area contributed by atoms with Crippen molar-refractivity contribution in [1.82, 2.24) is 0 Å². The van der Waals surface area contributed by atoms with Crippen LogP contribution in [0, 0.1) is 0 Å². The topological polar surface area (TPSA) is 61.8 Å². The molecule has 0 atom stereocenters. The van der Waals surface area contributed by atoms with Gasteiger partial charge in [0.25, 0.3) is 0 Å². The first-order valence-corrected chi connectivity index (χ1v) is 7.26. The third-order valence-corrected chi connectivity index (χ3v) is 2.45. The van der Waals surface area contributed by atoms with E-state index in [0.29, 0.717) is 22.1 Å². The predicted octanol–water partition coefficient (Wildman–Crippen LogP) is 0.959. The molecule has 88 valence electrons. The molecule has 0 radical (unpaired) electrons. The number of hydrogen-bond donors (Lipinski definition) is 0. The molecule has 0 heterocycles. The molecular formula is C8H12I2O5. The molecule has 0 fully saturated rings. The summed E-state index contributed by atoms with van der Waals surface area (Å²) < 4.78 is 15.3. The van der Waals surface area contributed by atoms with Gasteiger partial charge in [-0.3, -0.25) is 9.59 Å². The zero-order chi connectivity index (χ0) is 11.5. The summed E-state index contributed by atoms with van der Waals surface area (Å²) in [5.41, 5.74) is 0. The molecule has 0 spiro atoms. The minimum absolute atomic E-state index is 0.238. The number of halogens is 2. The number of alkyl halides is 2. The summed E-state index contributed by atoms with van der Waals surface area (Å²) in [6.07, 6.45) is 0. The van der Waals surface area contributed by atoms with Crippen molar-refractivity contribution in [2.24, 2.45) is 0 Å². The molecule has 0 N–H and O–H groups in total. The van der Waals surface area contributed by atoms with Crippen molar-refractivity contribution in [3.05, 3.63) is 0 Å². The first-order valence-electron chi connectivity index (χ1n) is 4.21. The second-order valence-corrected chi connectivity index (χ2v) is 3.85. The normalized spacial score (nSPS) is 9.73. The van der Waals surface area contributed by atoms with Crippen LogP contribution in [0.1, 0.15) is 0 Å².